The van der Waals surface area contributed by atoms with E-state index >= 15 is 0 Å². The Bertz CT molecular complexity index is 811. The van der Waals surface area contributed by atoms with Gasteiger partial charge in [-0.05, 0) is 30.3 Å². The summed E-state index contributed by atoms with van der Waals surface area (Å²) in [6.45, 7) is 2.71. The van der Waals surface area contributed by atoms with Gasteiger partial charge in [0.25, 0.3) is 5.91 Å². The van der Waals surface area contributed by atoms with Crippen LogP contribution in [0.3, 0.4) is 0 Å². The lowest BCUT2D eigenvalue weighted by molar-refractivity contribution is -0.117. The maximum Gasteiger partial charge on any atom is 0.254 e. The van der Waals surface area contributed by atoms with Gasteiger partial charge in [-0.3, -0.25) is 14.5 Å². The van der Waals surface area contributed by atoms with E-state index < -0.39 is 0 Å². The highest BCUT2D eigenvalue weighted by atomic mass is 35.5. The van der Waals surface area contributed by atoms with Crippen molar-refractivity contribution in [3.05, 3.63) is 59.1 Å². The maximum atomic E-state index is 12.5. The molecule has 9 heteroatoms. The van der Waals surface area contributed by atoms with Gasteiger partial charge in [-0.2, -0.15) is 0 Å². The van der Waals surface area contributed by atoms with Crippen LogP contribution < -0.4 is 11.1 Å². The molecular formula is C19H23Cl3N4O2. The molecule has 1 heterocycles. The summed E-state index contributed by atoms with van der Waals surface area (Å²) >= 11 is 6.05. The summed E-state index contributed by atoms with van der Waals surface area (Å²) < 4.78 is 0. The van der Waals surface area contributed by atoms with Crippen LogP contribution in [0, 0.1) is 0 Å². The van der Waals surface area contributed by atoms with Crippen LogP contribution in [0.5, 0.6) is 0 Å². The quantitative estimate of drug-likeness (QED) is 0.709. The zero-order valence-electron chi connectivity index (χ0n) is 15.1. The zero-order chi connectivity index (χ0) is 18.5. The van der Waals surface area contributed by atoms with Gasteiger partial charge in [0.15, 0.2) is 0 Å². The molecular weight excluding hydrogens is 423 g/mol. The lowest BCUT2D eigenvalue weighted by atomic mass is 10.1. The minimum atomic E-state index is -0.117. The number of anilines is 2. The first-order valence-electron chi connectivity index (χ1n) is 8.44. The molecule has 0 unspecified atom stereocenters. The van der Waals surface area contributed by atoms with Crippen LogP contribution in [0.25, 0.3) is 0 Å². The molecule has 1 saturated heterocycles. The van der Waals surface area contributed by atoms with Crippen LogP contribution in [-0.2, 0) is 4.79 Å². The second kappa shape index (κ2) is 11.1. The summed E-state index contributed by atoms with van der Waals surface area (Å²) in [6.07, 6.45) is 0. The fraction of sp³-hybridized carbons (Fsp3) is 0.263. The number of para-hydroxylation sites is 1. The molecule has 0 bridgehead atoms. The summed E-state index contributed by atoms with van der Waals surface area (Å²) in [5.74, 6) is -0.147. The number of benzene rings is 2. The fourth-order valence-electron chi connectivity index (χ4n) is 2.92. The van der Waals surface area contributed by atoms with E-state index in [0.29, 0.717) is 48.1 Å². The van der Waals surface area contributed by atoms with Crippen LogP contribution in [0.1, 0.15) is 10.4 Å². The third-order valence-corrected chi connectivity index (χ3v) is 4.64. The molecule has 0 spiro atoms. The summed E-state index contributed by atoms with van der Waals surface area (Å²) in [4.78, 5) is 28.5. The number of amides is 2. The molecule has 0 radical (unpaired) electrons. The number of nitrogen functional groups attached to an aromatic ring is 1. The Hall–Kier alpha value is -1.99. The van der Waals surface area contributed by atoms with Crippen molar-refractivity contribution in [2.75, 3.05) is 43.8 Å². The number of hydrogen-bond donors (Lipinski definition) is 2. The topological polar surface area (TPSA) is 78.7 Å². The molecule has 3 rings (SSSR count). The Morgan fingerprint density at radius 2 is 1.68 bits per heavy atom. The molecule has 0 saturated carbocycles. The average Bonchev–Trinajstić information content (AvgIpc) is 2.64. The first-order valence-corrected chi connectivity index (χ1v) is 8.82. The van der Waals surface area contributed by atoms with Gasteiger partial charge >= 0.3 is 0 Å². The van der Waals surface area contributed by atoms with Crippen molar-refractivity contribution in [2.45, 2.75) is 0 Å². The smallest absolute Gasteiger partial charge is 0.254 e. The summed E-state index contributed by atoms with van der Waals surface area (Å²) in [6, 6.07) is 14.1. The SMILES string of the molecule is Cl.Cl.Nc1cccc(C(=O)N2CCN(CC(=O)Nc3ccccc3Cl)CC2)c1. The number of rotatable bonds is 4. The summed E-state index contributed by atoms with van der Waals surface area (Å²) in [5.41, 5.74) is 7.52. The molecule has 1 aliphatic heterocycles. The largest absolute Gasteiger partial charge is 0.399 e. The highest BCUT2D eigenvalue weighted by Gasteiger charge is 2.23. The van der Waals surface area contributed by atoms with Crippen LogP contribution >= 0.6 is 36.4 Å². The van der Waals surface area contributed by atoms with E-state index in [9.17, 15) is 9.59 Å². The summed E-state index contributed by atoms with van der Waals surface area (Å²) in [7, 11) is 0. The Kier molecular flexibility index (Phi) is 9.55. The fourth-order valence-corrected chi connectivity index (χ4v) is 3.10. The van der Waals surface area contributed by atoms with Crippen molar-refractivity contribution in [2.24, 2.45) is 0 Å². The van der Waals surface area contributed by atoms with Crippen molar-refractivity contribution in [1.82, 2.24) is 9.80 Å². The monoisotopic (exact) mass is 444 g/mol. The van der Waals surface area contributed by atoms with Crippen LogP contribution in [0.4, 0.5) is 11.4 Å². The normalized spacial score (nSPS) is 13.8. The molecule has 152 valence electrons. The van der Waals surface area contributed by atoms with Crippen molar-refractivity contribution in [1.29, 1.82) is 0 Å². The molecule has 6 nitrogen and oxygen atoms in total. The molecule has 2 aromatic rings. The first kappa shape index (κ1) is 24.0. The molecule has 1 fully saturated rings. The summed E-state index contributed by atoms with van der Waals surface area (Å²) in [5, 5.41) is 3.33. The predicted molar refractivity (Wildman–Crippen MR) is 118 cm³/mol. The third kappa shape index (κ3) is 6.27. The van der Waals surface area contributed by atoms with Crippen molar-refractivity contribution in [3.63, 3.8) is 0 Å². The third-order valence-electron chi connectivity index (χ3n) is 4.31. The van der Waals surface area contributed by atoms with Gasteiger partial charge in [0.05, 0.1) is 17.3 Å². The number of nitrogens with two attached hydrogens (primary N) is 1. The molecule has 3 N–H and O–H groups in total. The number of halogens is 3. The van der Waals surface area contributed by atoms with Gasteiger partial charge in [-0.15, -0.1) is 24.8 Å². The Labute approximate surface area is 181 Å². The van der Waals surface area contributed by atoms with Gasteiger partial charge in [-0.1, -0.05) is 29.8 Å². The number of nitrogens with zero attached hydrogens (tertiary/aromatic N) is 2. The predicted octanol–water partition coefficient (Wildman–Crippen LogP) is 3.16. The lowest BCUT2D eigenvalue weighted by Gasteiger charge is -2.34. The highest BCUT2D eigenvalue weighted by Crippen LogP contribution is 2.20. The van der Waals surface area contributed by atoms with Gasteiger partial charge in [0, 0.05) is 37.4 Å². The number of hydrogen-bond acceptors (Lipinski definition) is 4. The minimum Gasteiger partial charge on any atom is -0.399 e. The second-order valence-electron chi connectivity index (χ2n) is 6.22. The van der Waals surface area contributed by atoms with E-state index in [2.05, 4.69) is 5.32 Å². The average molecular weight is 446 g/mol. The first-order chi connectivity index (χ1) is 12.5. The number of nitrogens with one attached hydrogen (secondary N) is 1. The zero-order valence-corrected chi connectivity index (χ0v) is 17.5. The molecule has 2 aromatic carbocycles. The van der Waals surface area contributed by atoms with Crippen molar-refractivity contribution in [3.8, 4) is 0 Å². The van der Waals surface area contributed by atoms with E-state index in [0.717, 1.165) is 0 Å². The molecule has 0 aromatic heterocycles. The molecule has 2 amide bonds. The van der Waals surface area contributed by atoms with Gasteiger partial charge < -0.3 is 16.0 Å². The van der Waals surface area contributed by atoms with E-state index in [1.165, 1.54) is 0 Å². The van der Waals surface area contributed by atoms with E-state index in [4.69, 9.17) is 17.3 Å². The minimum absolute atomic E-state index is 0. The van der Waals surface area contributed by atoms with Gasteiger partial charge in [0.2, 0.25) is 5.91 Å². The van der Waals surface area contributed by atoms with E-state index in [1.807, 2.05) is 17.0 Å². The van der Waals surface area contributed by atoms with Crippen molar-refractivity contribution < 1.29 is 9.59 Å². The number of carbonyl (C=O) groups is 2. The van der Waals surface area contributed by atoms with E-state index in [-0.39, 0.29) is 43.2 Å². The van der Waals surface area contributed by atoms with Crippen LogP contribution in [0.15, 0.2) is 48.5 Å². The van der Waals surface area contributed by atoms with Crippen molar-refractivity contribution >= 4 is 59.6 Å². The van der Waals surface area contributed by atoms with Crippen LogP contribution in [0.2, 0.25) is 5.02 Å². The number of carbonyl (C=O) groups excluding carboxylic acids is 2. The molecule has 0 aliphatic carbocycles. The highest BCUT2D eigenvalue weighted by molar-refractivity contribution is 6.33. The van der Waals surface area contributed by atoms with E-state index in [1.54, 1.807) is 41.3 Å². The van der Waals surface area contributed by atoms with Gasteiger partial charge in [-0.25, -0.2) is 0 Å². The Morgan fingerprint density at radius 3 is 2.32 bits per heavy atom. The standard InChI is InChI=1S/C19H21ClN4O2.2ClH/c20-16-6-1-2-7-17(16)22-18(25)13-23-8-10-24(11-9-23)19(26)14-4-3-5-15(21)12-14;;/h1-7,12H,8-11,13,21H2,(H,22,25);2*1H. The second-order valence-corrected chi connectivity index (χ2v) is 6.63. The molecule has 1 aliphatic rings. The maximum absolute atomic E-state index is 12.5. The van der Waals surface area contributed by atoms with Crippen LogP contribution in [-0.4, -0.2) is 54.3 Å². The number of piperazine rings is 1. The molecule has 28 heavy (non-hydrogen) atoms. The van der Waals surface area contributed by atoms with Gasteiger partial charge in [0.1, 0.15) is 0 Å². The molecule has 0 atom stereocenters. The lowest BCUT2D eigenvalue weighted by Crippen LogP contribution is -2.50. The Morgan fingerprint density at radius 1 is 1.00 bits per heavy atom. The Balaban J connectivity index is 0.00000196.